The van der Waals surface area contributed by atoms with Crippen molar-refractivity contribution in [1.29, 1.82) is 0 Å². The van der Waals surface area contributed by atoms with Crippen molar-refractivity contribution in [2.75, 3.05) is 0 Å². The molecule has 0 fully saturated rings. The molecule has 0 bridgehead atoms. The van der Waals surface area contributed by atoms with Crippen LogP contribution in [-0.4, -0.2) is 20.1 Å². The lowest BCUT2D eigenvalue weighted by molar-refractivity contribution is 0.276. The van der Waals surface area contributed by atoms with E-state index < -0.39 is 0 Å². The molecule has 2 rings (SSSR count). The zero-order valence-corrected chi connectivity index (χ0v) is 7.84. The van der Waals surface area contributed by atoms with E-state index in [0.717, 1.165) is 5.56 Å². The standard InChI is InChI=1S/C10H9N3O2/c14-6-8-4-11-5-9(13-8)7-1-2-10(15)12-3-7/h1-5,14H,6H2,(H,12,15). The topological polar surface area (TPSA) is 78.9 Å². The molecular formula is C10H9N3O2. The van der Waals surface area contributed by atoms with E-state index in [2.05, 4.69) is 15.0 Å². The van der Waals surface area contributed by atoms with Crippen molar-refractivity contribution in [3.63, 3.8) is 0 Å². The summed E-state index contributed by atoms with van der Waals surface area (Å²) in [6, 6.07) is 3.08. The molecule has 0 aliphatic carbocycles. The van der Waals surface area contributed by atoms with Gasteiger partial charge in [-0.15, -0.1) is 0 Å². The summed E-state index contributed by atoms with van der Waals surface area (Å²) in [7, 11) is 0. The van der Waals surface area contributed by atoms with Gasteiger partial charge in [-0.2, -0.15) is 0 Å². The van der Waals surface area contributed by atoms with Crippen LogP contribution in [0.2, 0.25) is 0 Å². The molecular weight excluding hydrogens is 194 g/mol. The van der Waals surface area contributed by atoms with Crippen molar-refractivity contribution in [2.45, 2.75) is 6.61 Å². The quantitative estimate of drug-likeness (QED) is 0.736. The summed E-state index contributed by atoms with van der Waals surface area (Å²) in [4.78, 5) is 21.5. The third kappa shape index (κ3) is 2.08. The zero-order valence-electron chi connectivity index (χ0n) is 7.84. The molecule has 0 saturated heterocycles. The van der Waals surface area contributed by atoms with Crippen molar-refractivity contribution in [1.82, 2.24) is 15.0 Å². The first-order chi connectivity index (χ1) is 7.29. The van der Waals surface area contributed by atoms with Gasteiger partial charge in [0.1, 0.15) is 0 Å². The van der Waals surface area contributed by atoms with Gasteiger partial charge >= 0.3 is 0 Å². The number of nitrogens with zero attached hydrogens (tertiary/aromatic N) is 2. The molecule has 0 unspecified atom stereocenters. The maximum Gasteiger partial charge on any atom is 0.247 e. The van der Waals surface area contributed by atoms with Crippen molar-refractivity contribution in [2.24, 2.45) is 0 Å². The van der Waals surface area contributed by atoms with Crippen molar-refractivity contribution < 1.29 is 5.11 Å². The summed E-state index contributed by atoms with van der Waals surface area (Å²) in [6.45, 7) is -0.149. The highest BCUT2D eigenvalue weighted by atomic mass is 16.3. The monoisotopic (exact) mass is 203 g/mol. The molecule has 0 atom stereocenters. The number of aliphatic hydroxyl groups is 1. The molecule has 0 radical (unpaired) electrons. The van der Waals surface area contributed by atoms with Crippen LogP contribution in [0.15, 0.2) is 35.5 Å². The van der Waals surface area contributed by atoms with E-state index in [1.165, 1.54) is 12.3 Å². The Hall–Kier alpha value is -2.01. The van der Waals surface area contributed by atoms with Crippen molar-refractivity contribution in [3.05, 3.63) is 46.8 Å². The summed E-state index contributed by atoms with van der Waals surface area (Å²) in [6.07, 6.45) is 4.63. The molecule has 15 heavy (non-hydrogen) atoms. The first-order valence-electron chi connectivity index (χ1n) is 4.40. The second-order valence-electron chi connectivity index (χ2n) is 3.00. The maximum absolute atomic E-state index is 10.8. The molecule has 0 aliphatic heterocycles. The van der Waals surface area contributed by atoms with Gasteiger partial charge in [-0.3, -0.25) is 9.78 Å². The normalized spacial score (nSPS) is 10.2. The third-order valence-electron chi connectivity index (χ3n) is 1.93. The smallest absolute Gasteiger partial charge is 0.247 e. The fraction of sp³-hybridized carbons (Fsp3) is 0.100. The fourth-order valence-electron chi connectivity index (χ4n) is 1.19. The van der Waals surface area contributed by atoms with Crippen LogP contribution in [0.3, 0.4) is 0 Å². The largest absolute Gasteiger partial charge is 0.390 e. The van der Waals surface area contributed by atoms with Gasteiger partial charge in [-0.1, -0.05) is 0 Å². The van der Waals surface area contributed by atoms with Gasteiger partial charge in [-0.05, 0) is 6.07 Å². The number of H-pyrrole nitrogens is 1. The van der Waals surface area contributed by atoms with Crippen LogP contribution in [0.1, 0.15) is 5.69 Å². The Balaban J connectivity index is 2.44. The molecule has 5 heteroatoms. The molecule has 0 spiro atoms. The minimum Gasteiger partial charge on any atom is -0.390 e. The first kappa shape index (κ1) is 9.54. The second-order valence-corrected chi connectivity index (χ2v) is 3.00. The number of rotatable bonds is 2. The Bertz CT molecular complexity index is 502. The summed E-state index contributed by atoms with van der Waals surface area (Å²) in [5.74, 6) is 0. The van der Waals surface area contributed by atoms with Crippen LogP contribution in [0.5, 0.6) is 0 Å². The van der Waals surface area contributed by atoms with E-state index in [1.54, 1.807) is 18.5 Å². The van der Waals surface area contributed by atoms with E-state index in [-0.39, 0.29) is 12.2 Å². The Morgan fingerprint density at radius 2 is 2.20 bits per heavy atom. The van der Waals surface area contributed by atoms with Gasteiger partial charge in [-0.25, -0.2) is 4.98 Å². The average molecular weight is 203 g/mol. The Morgan fingerprint density at radius 3 is 2.87 bits per heavy atom. The number of hydrogen-bond acceptors (Lipinski definition) is 4. The summed E-state index contributed by atoms with van der Waals surface area (Å²) in [5, 5.41) is 8.89. The van der Waals surface area contributed by atoms with Gasteiger partial charge in [0.2, 0.25) is 5.56 Å². The zero-order chi connectivity index (χ0) is 10.7. The van der Waals surface area contributed by atoms with Gasteiger partial charge < -0.3 is 10.1 Å². The Labute approximate surface area is 85.5 Å². The summed E-state index contributed by atoms with van der Waals surface area (Å²) < 4.78 is 0. The van der Waals surface area contributed by atoms with Gasteiger partial charge in [0.15, 0.2) is 0 Å². The summed E-state index contributed by atoms with van der Waals surface area (Å²) in [5.41, 5.74) is 1.72. The van der Waals surface area contributed by atoms with E-state index in [0.29, 0.717) is 11.4 Å². The highest BCUT2D eigenvalue weighted by Gasteiger charge is 2.00. The number of aliphatic hydroxyl groups excluding tert-OH is 1. The molecule has 2 heterocycles. The predicted molar refractivity (Wildman–Crippen MR) is 54.0 cm³/mol. The van der Waals surface area contributed by atoms with E-state index in [1.807, 2.05) is 0 Å². The highest BCUT2D eigenvalue weighted by Crippen LogP contribution is 2.12. The number of aromatic nitrogens is 3. The Kier molecular flexibility index (Phi) is 2.55. The van der Waals surface area contributed by atoms with Gasteiger partial charge in [0, 0.05) is 17.8 Å². The maximum atomic E-state index is 10.8. The lowest BCUT2D eigenvalue weighted by Crippen LogP contribution is -2.02. The fourth-order valence-corrected chi connectivity index (χ4v) is 1.19. The van der Waals surface area contributed by atoms with Crippen LogP contribution in [-0.2, 0) is 6.61 Å². The van der Waals surface area contributed by atoms with Gasteiger partial charge in [0.05, 0.1) is 30.4 Å². The minimum atomic E-state index is -0.162. The molecule has 2 aromatic heterocycles. The van der Waals surface area contributed by atoms with Crippen LogP contribution in [0, 0.1) is 0 Å². The van der Waals surface area contributed by atoms with E-state index >= 15 is 0 Å². The SMILES string of the molecule is O=c1ccc(-c2cncc(CO)n2)c[nH]1. The van der Waals surface area contributed by atoms with E-state index in [4.69, 9.17) is 5.11 Å². The second kappa shape index (κ2) is 4.02. The molecule has 2 aromatic rings. The molecule has 76 valence electrons. The first-order valence-corrected chi connectivity index (χ1v) is 4.40. The number of hydrogen-bond donors (Lipinski definition) is 2. The molecule has 0 saturated carbocycles. The third-order valence-corrected chi connectivity index (χ3v) is 1.93. The highest BCUT2D eigenvalue weighted by molar-refractivity contribution is 5.56. The van der Waals surface area contributed by atoms with Crippen LogP contribution in [0.25, 0.3) is 11.3 Å². The Morgan fingerprint density at radius 1 is 1.33 bits per heavy atom. The lowest BCUT2D eigenvalue weighted by atomic mass is 10.2. The number of pyridine rings is 1. The van der Waals surface area contributed by atoms with Crippen LogP contribution < -0.4 is 5.56 Å². The lowest BCUT2D eigenvalue weighted by Gasteiger charge is -2.00. The minimum absolute atomic E-state index is 0.149. The summed E-state index contributed by atoms with van der Waals surface area (Å²) >= 11 is 0. The number of nitrogens with one attached hydrogen (secondary N) is 1. The molecule has 2 N–H and O–H groups in total. The van der Waals surface area contributed by atoms with Crippen LogP contribution in [0.4, 0.5) is 0 Å². The molecule has 0 aliphatic rings. The number of aromatic amines is 1. The van der Waals surface area contributed by atoms with E-state index in [9.17, 15) is 4.79 Å². The predicted octanol–water partition coefficient (Wildman–Crippen LogP) is 0.324. The molecule has 0 amide bonds. The van der Waals surface area contributed by atoms with Gasteiger partial charge in [0.25, 0.3) is 0 Å². The van der Waals surface area contributed by atoms with Crippen molar-refractivity contribution in [3.8, 4) is 11.3 Å². The van der Waals surface area contributed by atoms with Crippen molar-refractivity contribution >= 4 is 0 Å². The average Bonchev–Trinajstić information content (AvgIpc) is 2.30. The molecule has 5 nitrogen and oxygen atoms in total. The molecule has 0 aromatic carbocycles. The van der Waals surface area contributed by atoms with Crippen LogP contribution >= 0.6 is 0 Å².